The van der Waals surface area contributed by atoms with Gasteiger partial charge in [0.1, 0.15) is 12.4 Å². The van der Waals surface area contributed by atoms with Gasteiger partial charge in [-0.25, -0.2) is 9.78 Å². The van der Waals surface area contributed by atoms with Crippen molar-refractivity contribution in [3.05, 3.63) is 139 Å². The van der Waals surface area contributed by atoms with Gasteiger partial charge in [0.15, 0.2) is 6.23 Å². The molecule has 2 aromatic heterocycles. The van der Waals surface area contributed by atoms with Gasteiger partial charge in [-0.2, -0.15) is 13.2 Å². The highest BCUT2D eigenvalue weighted by Gasteiger charge is 2.42. The average molecular weight is 606 g/mol. The van der Waals surface area contributed by atoms with Crippen molar-refractivity contribution in [1.29, 1.82) is 0 Å². The van der Waals surface area contributed by atoms with Crippen molar-refractivity contribution in [3.8, 4) is 39.4 Å². The molecule has 0 saturated carbocycles. The molecule has 0 spiro atoms. The Morgan fingerprint density at radius 1 is 0.756 bits per heavy atom. The number of benzene rings is 4. The number of nitrogens with two attached hydrogens (primary N) is 1. The number of fused-ring (bicyclic) bond motifs is 1. The first-order valence-electron chi connectivity index (χ1n) is 14.0. The van der Waals surface area contributed by atoms with E-state index in [0.29, 0.717) is 23.4 Å². The number of pyridine rings is 2. The second-order valence-corrected chi connectivity index (χ2v) is 10.2. The van der Waals surface area contributed by atoms with E-state index in [9.17, 15) is 18.0 Å². The molecule has 1 atom stereocenters. The van der Waals surface area contributed by atoms with Gasteiger partial charge in [-0.3, -0.25) is 10.7 Å². The van der Waals surface area contributed by atoms with E-state index in [1.165, 1.54) is 12.1 Å². The zero-order valence-corrected chi connectivity index (χ0v) is 23.7. The standard InChI is InChI=1S/C36H26F3N3O3/c37-36(38,39)35(43)45-34(40)27-13-11-26(12-14-27)33-29(24-9-5-2-6-10-24)21-30-31(42-33)19-20-41-32(30)25-15-17-28(18-16-25)44-22-23-7-3-1-4-8-23/h1-21,34H,22,40H2. The Hall–Kier alpha value is -5.54. The molecule has 9 heteroatoms. The van der Waals surface area contributed by atoms with Gasteiger partial charge in [-0.15, -0.1) is 0 Å². The van der Waals surface area contributed by atoms with E-state index in [1.807, 2.05) is 97.1 Å². The van der Waals surface area contributed by atoms with Crippen molar-refractivity contribution in [3.63, 3.8) is 0 Å². The Kier molecular flexibility index (Phi) is 8.26. The highest BCUT2D eigenvalue weighted by atomic mass is 19.4. The third-order valence-corrected chi connectivity index (χ3v) is 7.18. The van der Waals surface area contributed by atoms with E-state index in [4.69, 9.17) is 20.4 Å². The maximum atomic E-state index is 12.6. The fraction of sp³-hybridized carbons (Fsp3) is 0.0833. The van der Waals surface area contributed by atoms with E-state index in [2.05, 4.69) is 4.74 Å². The van der Waals surface area contributed by atoms with Gasteiger partial charge < -0.3 is 9.47 Å². The number of hydrogen-bond donors (Lipinski definition) is 1. The van der Waals surface area contributed by atoms with Crippen LogP contribution in [-0.4, -0.2) is 22.1 Å². The lowest BCUT2D eigenvalue weighted by Crippen LogP contribution is -2.29. The molecule has 0 radical (unpaired) electrons. The van der Waals surface area contributed by atoms with Crippen LogP contribution in [0.4, 0.5) is 13.2 Å². The van der Waals surface area contributed by atoms with Crippen molar-refractivity contribution in [2.45, 2.75) is 19.0 Å². The van der Waals surface area contributed by atoms with E-state index >= 15 is 0 Å². The molecule has 45 heavy (non-hydrogen) atoms. The molecule has 2 N–H and O–H groups in total. The van der Waals surface area contributed by atoms with E-state index in [0.717, 1.165) is 39.1 Å². The molecule has 0 amide bonds. The number of aromatic nitrogens is 2. The van der Waals surface area contributed by atoms with Crippen LogP contribution in [0.5, 0.6) is 5.75 Å². The SMILES string of the molecule is NC(OC(=O)C(F)(F)F)c1ccc(-c2nc3ccnc(-c4ccc(OCc5ccccc5)cc4)c3cc2-c2ccccc2)cc1. The van der Waals surface area contributed by atoms with Crippen LogP contribution in [0.1, 0.15) is 17.4 Å². The van der Waals surface area contributed by atoms with E-state index < -0.39 is 18.4 Å². The molecule has 0 bridgehead atoms. The highest BCUT2D eigenvalue weighted by molar-refractivity contribution is 5.98. The minimum absolute atomic E-state index is 0.209. The number of alkyl halides is 3. The third-order valence-electron chi connectivity index (χ3n) is 7.18. The summed E-state index contributed by atoms with van der Waals surface area (Å²) < 4.78 is 48.3. The first kappa shape index (κ1) is 29.5. The Balaban J connectivity index is 1.34. The zero-order chi connectivity index (χ0) is 31.4. The molecule has 0 aliphatic carbocycles. The van der Waals surface area contributed by atoms with Crippen LogP contribution in [0, 0.1) is 0 Å². The Morgan fingerprint density at radius 2 is 1.38 bits per heavy atom. The van der Waals surface area contributed by atoms with Gasteiger partial charge in [0.25, 0.3) is 0 Å². The summed E-state index contributed by atoms with van der Waals surface area (Å²) in [5, 5.41) is 0.843. The maximum absolute atomic E-state index is 12.6. The van der Waals surface area contributed by atoms with Crippen LogP contribution in [0.2, 0.25) is 0 Å². The largest absolute Gasteiger partial charge is 0.490 e. The summed E-state index contributed by atoms with van der Waals surface area (Å²) in [6.07, 6.45) is -5.01. The lowest BCUT2D eigenvalue weighted by atomic mass is 9.95. The fourth-order valence-corrected chi connectivity index (χ4v) is 4.91. The number of esters is 1. The lowest BCUT2D eigenvalue weighted by Gasteiger charge is -2.16. The van der Waals surface area contributed by atoms with Crippen LogP contribution < -0.4 is 10.5 Å². The van der Waals surface area contributed by atoms with Crippen molar-refractivity contribution >= 4 is 16.9 Å². The van der Waals surface area contributed by atoms with Gasteiger partial charge in [-0.05, 0) is 47.5 Å². The summed E-state index contributed by atoms with van der Waals surface area (Å²) in [6.45, 7) is 0.464. The van der Waals surface area contributed by atoms with Crippen LogP contribution >= 0.6 is 0 Å². The van der Waals surface area contributed by atoms with Crippen molar-refractivity contribution < 1.29 is 27.4 Å². The molecule has 0 aliphatic heterocycles. The Morgan fingerprint density at radius 3 is 2.04 bits per heavy atom. The van der Waals surface area contributed by atoms with Crippen molar-refractivity contribution in [2.75, 3.05) is 0 Å². The van der Waals surface area contributed by atoms with Gasteiger partial charge in [0, 0.05) is 33.8 Å². The molecule has 0 fully saturated rings. The molecule has 0 aliphatic rings. The number of hydrogen-bond acceptors (Lipinski definition) is 6. The number of nitrogens with zero attached hydrogens (tertiary/aromatic N) is 2. The zero-order valence-electron chi connectivity index (χ0n) is 23.7. The number of rotatable bonds is 8. The molecule has 224 valence electrons. The summed E-state index contributed by atoms with van der Waals surface area (Å²) in [7, 11) is 0. The number of ether oxygens (including phenoxy) is 2. The predicted molar refractivity (Wildman–Crippen MR) is 166 cm³/mol. The van der Waals surface area contributed by atoms with Crippen LogP contribution in [0.25, 0.3) is 44.5 Å². The minimum Gasteiger partial charge on any atom is -0.489 e. The minimum atomic E-state index is -5.14. The molecule has 6 aromatic rings. The lowest BCUT2D eigenvalue weighted by molar-refractivity contribution is -0.205. The monoisotopic (exact) mass is 605 g/mol. The fourth-order valence-electron chi connectivity index (χ4n) is 4.91. The van der Waals surface area contributed by atoms with Gasteiger partial charge >= 0.3 is 12.1 Å². The molecule has 1 unspecified atom stereocenters. The van der Waals surface area contributed by atoms with Gasteiger partial charge in [0.2, 0.25) is 0 Å². The predicted octanol–water partition coefficient (Wildman–Crippen LogP) is 8.27. The molecule has 2 heterocycles. The topological polar surface area (TPSA) is 87.3 Å². The Bertz CT molecular complexity index is 1930. The molecular formula is C36H26F3N3O3. The van der Waals surface area contributed by atoms with Gasteiger partial charge in [-0.1, -0.05) is 84.9 Å². The first-order chi connectivity index (χ1) is 21.8. The summed E-state index contributed by atoms with van der Waals surface area (Å²) in [5.41, 5.74) is 12.5. The van der Waals surface area contributed by atoms with E-state index in [-0.39, 0.29) is 5.56 Å². The summed E-state index contributed by atoms with van der Waals surface area (Å²) in [6, 6.07) is 37.7. The molecular weight excluding hydrogens is 579 g/mol. The number of carbonyl (C=O) groups is 1. The quantitative estimate of drug-likeness (QED) is 0.139. The van der Waals surface area contributed by atoms with Crippen LogP contribution in [0.15, 0.2) is 128 Å². The van der Waals surface area contributed by atoms with Gasteiger partial charge in [0.05, 0.1) is 16.9 Å². The average Bonchev–Trinajstić information content (AvgIpc) is 3.07. The number of halogens is 3. The van der Waals surface area contributed by atoms with Crippen LogP contribution in [-0.2, 0) is 16.1 Å². The van der Waals surface area contributed by atoms with Crippen molar-refractivity contribution in [1.82, 2.24) is 9.97 Å². The molecule has 6 nitrogen and oxygen atoms in total. The maximum Gasteiger partial charge on any atom is 0.490 e. The van der Waals surface area contributed by atoms with Crippen molar-refractivity contribution in [2.24, 2.45) is 5.73 Å². The summed E-state index contributed by atoms with van der Waals surface area (Å²) in [4.78, 5) is 21.0. The second kappa shape index (κ2) is 12.6. The molecule has 4 aromatic carbocycles. The smallest absolute Gasteiger partial charge is 0.489 e. The molecule has 6 rings (SSSR count). The number of carbonyl (C=O) groups excluding carboxylic acids is 1. The van der Waals surface area contributed by atoms with Crippen LogP contribution in [0.3, 0.4) is 0 Å². The second-order valence-electron chi connectivity index (χ2n) is 10.2. The molecule has 0 saturated heterocycles. The Labute approximate surface area is 256 Å². The highest BCUT2D eigenvalue weighted by Crippen LogP contribution is 2.37. The summed E-state index contributed by atoms with van der Waals surface area (Å²) >= 11 is 0. The third kappa shape index (κ3) is 6.68. The normalized spacial score (nSPS) is 12.1. The summed E-state index contributed by atoms with van der Waals surface area (Å²) in [5.74, 6) is -1.61. The first-order valence-corrected chi connectivity index (χ1v) is 14.0. The van der Waals surface area contributed by atoms with E-state index in [1.54, 1.807) is 18.3 Å².